The van der Waals surface area contributed by atoms with Gasteiger partial charge < -0.3 is 14.4 Å². The molecule has 6 nitrogen and oxygen atoms in total. The van der Waals surface area contributed by atoms with E-state index in [4.69, 9.17) is 9.52 Å². The third-order valence-electron chi connectivity index (χ3n) is 2.88. The van der Waals surface area contributed by atoms with Gasteiger partial charge in [-0.1, -0.05) is 0 Å². The van der Waals surface area contributed by atoms with Crippen LogP contribution in [0.4, 0.5) is 0 Å². The van der Waals surface area contributed by atoms with E-state index in [1.165, 1.54) is 0 Å². The van der Waals surface area contributed by atoms with Crippen LogP contribution in [0.5, 0.6) is 0 Å². The van der Waals surface area contributed by atoms with E-state index in [1.54, 1.807) is 18.0 Å². The number of hydrogen-bond acceptors (Lipinski definition) is 5. The average molecular weight is 239 g/mol. The van der Waals surface area contributed by atoms with Crippen LogP contribution in [0.25, 0.3) is 0 Å². The van der Waals surface area contributed by atoms with Crippen LogP contribution >= 0.6 is 0 Å². The number of amides is 1. The summed E-state index contributed by atoms with van der Waals surface area (Å²) >= 11 is 0. The van der Waals surface area contributed by atoms with E-state index in [-0.39, 0.29) is 18.4 Å². The molecule has 1 fully saturated rings. The molecule has 1 aromatic heterocycles. The molecule has 1 N–H and O–H groups in total. The van der Waals surface area contributed by atoms with Crippen molar-refractivity contribution < 1.29 is 14.3 Å². The van der Waals surface area contributed by atoms with E-state index in [9.17, 15) is 4.79 Å². The van der Waals surface area contributed by atoms with Gasteiger partial charge in [0.05, 0.1) is 12.8 Å². The molecule has 1 aliphatic rings. The van der Waals surface area contributed by atoms with Gasteiger partial charge in [0.25, 0.3) is 5.89 Å². The number of hydrogen-bond donors (Lipinski definition) is 1. The largest absolute Gasteiger partial charge is 0.438 e. The van der Waals surface area contributed by atoms with E-state index in [1.807, 2.05) is 0 Å². The zero-order chi connectivity index (χ0) is 12.3. The van der Waals surface area contributed by atoms with Crippen LogP contribution in [0.1, 0.15) is 16.4 Å². The minimum Gasteiger partial charge on any atom is -0.438 e. The Morgan fingerprint density at radius 3 is 2.71 bits per heavy atom. The Balaban J connectivity index is 1.90. The molecule has 17 heavy (non-hydrogen) atoms. The van der Waals surface area contributed by atoms with Crippen LogP contribution in [-0.4, -0.2) is 65.1 Å². The highest BCUT2D eigenvalue weighted by Crippen LogP contribution is 2.08. The van der Waals surface area contributed by atoms with E-state index >= 15 is 0 Å². The lowest BCUT2D eigenvalue weighted by molar-refractivity contribution is 0.0576. The van der Waals surface area contributed by atoms with Crippen molar-refractivity contribution in [2.45, 2.75) is 6.92 Å². The zero-order valence-corrected chi connectivity index (χ0v) is 9.93. The summed E-state index contributed by atoms with van der Waals surface area (Å²) in [7, 11) is 0. The number of carbonyl (C=O) groups excluding carboxylic acids is 1. The lowest BCUT2D eigenvalue weighted by Gasteiger charge is -2.33. The van der Waals surface area contributed by atoms with Gasteiger partial charge in [0.15, 0.2) is 0 Å². The third kappa shape index (κ3) is 2.83. The predicted molar refractivity (Wildman–Crippen MR) is 60.7 cm³/mol. The highest BCUT2D eigenvalue weighted by atomic mass is 16.4. The molecule has 0 radical (unpaired) electrons. The normalized spacial score (nSPS) is 17.4. The monoisotopic (exact) mass is 239 g/mol. The number of β-amino-alcohol motifs (C(OH)–C–C–N with tert-alkyl or cyclic N) is 1. The molecule has 0 saturated carbocycles. The summed E-state index contributed by atoms with van der Waals surface area (Å²) < 4.78 is 5.22. The van der Waals surface area contributed by atoms with Crippen LogP contribution in [0.15, 0.2) is 10.6 Å². The Labute approximate surface area is 99.8 Å². The molecule has 1 aromatic rings. The fourth-order valence-electron chi connectivity index (χ4n) is 1.90. The molecule has 2 heterocycles. The van der Waals surface area contributed by atoms with Gasteiger partial charge in [-0.15, -0.1) is 0 Å². The van der Waals surface area contributed by atoms with E-state index < -0.39 is 0 Å². The van der Waals surface area contributed by atoms with Crippen LogP contribution in [0.3, 0.4) is 0 Å². The molecule has 0 bridgehead atoms. The maximum Gasteiger partial charge on any atom is 0.309 e. The molecule has 0 aromatic carbocycles. The van der Waals surface area contributed by atoms with Crippen LogP contribution in [-0.2, 0) is 0 Å². The minimum atomic E-state index is -0.151. The summed E-state index contributed by atoms with van der Waals surface area (Å²) in [6, 6.07) is 0. The van der Waals surface area contributed by atoms with Crippen molar-refractivity contribution in [1.29, 1.82) is 0 Å². The summed E-state index contributed by atoms with van der Waals surface area (Å²) in [6.07, 6.45) is 1.55. The van der Waals surface area contributed by atoms with Crippen molar-refractivity contribution in [3.8, 4) is 0 Å². The van der Waals surface area contributed by atoms with Crippen molar-refractivity contribution in [3.05, 3.63) is 17.8 Å². The quantitative estimate of drug-likeness (QED) is 0.786. The van der Waals surface area contributed by atoms with Gasteiger partial charge in [-0.25, -0.2) is 4.98 Å². The Morgan fingerprint density at radius 1 is 1.47 bits per heavy atom. The topological polar surface area (TPSA) is 69.8 Å². The fourth-order valence-corrected chi connectivity index (χ4v) is 1.90. The summed E-state index contributed by atoms with van der Waals surface area (Å²) in [6.45, 7) is 5.47. The standard InChI is InChI=1S/C11H17N3O3/c1-9-8-12-10(17-9)11(16)14-4-2-13(3-5-14)6-7-15/h8,15H,2-7H2,1H3. The number of aliphatic hydroxyl groups is 1. The van der Waals surface area contributed by atoms with Crippen LogP contribution < -0.4 is 0 Å². The lowest BCUT2D eigenvalue weighted by atomic mass is 10.3. The lowest BCUT2D eigenvalue weighted by Crippen LogP contribution is -2.49. The van der Waals surface area contributed by atoms with E-state index in [0.29, 0.717) is 25.4 Å². The molecular weight excluding hydrogens is 222 g/mol. The van der Waals surface area contributed by atoms with Crippen LogP contribution in [0, 0.1) is 6.92 Å². The summed E-state index contributed by atoms with van der Waals surface area (Å²) in [5.41, 5.74) is 0. The average Bonchev–Trinajstić information content (AvgIpc) is 2.76. The first-order valence-electron chi connectivity index (χ1n) is 5.75. The molecule has 1 saturated heterocycles. The highest BCUT2D eigenvalue weighted by Gasteiger charge is 2.24. The predicted octanol–water partition coefficient (Wildman–Crippen LogP) is -0.267. The number of nitrogens with zero attached hydrogens (tertiary/aromatic N) is 3. The van der Waals surface area contributed by atoms with Gasteiger partial charge in [0.2, 0.25) is 0 Å². The molecule has 0 unspecified atom stereocenters. The van der Waals surface area contributed by atoms with E-state index in [0.717, 1.165) is 13.1 Å². The Hall–Kier alpha value is -1.40. The number of aryl methyl sites for hydroxylation is 1. The van der Waals surface area contributed by atoms with Crippen molar-refractivity contribution >= 4 is 5.91 Å². The maximum absolute atomic E-state index is 12.0. The fraction of sp³-hybridized carbons (Fsp3) is 0.636. The number of aliphatic hydroxyl groups excluding tert-OH is 1. The van der Waals surface area contributed by atoms with Gasteiger partial charge in [-0.2, -0.15) is 0 Å². The number of oxazole rings is 1. The van der Waals surface area contributed by atoms with Gasteiger partial charge in [0, 0.05) is 32.7 Å². The molecule has 0 aliphatic carbocycles. The van der Waals surface area contributed by atoms with Gasteiger partial charge in [-0.3, -0.25) is 9.69 Å². The Bertz CT molecular complexity index is 383. The molecule has 6 heteroatoms. The highest BCUT2D eigenvalue weighted by molar-refractivity contribution is 5.89. The number of piperazine rings is 1. The molecule has 0 spiro atoms. The van der Waals surface area contributed by atoms with Crippen LogP contribution in [0.2, 0.25) is 0 Å². The summed E-state index contributed by atoms with van der Waals surface area (Å²) in [5, 5.41) is 8.83. The van der Waals surface area contributed by atoms with Crippen molar-refractivity contribution in [3.63, 3.8) is 0 Å². The molecule has 2 rings (SSSR count). The number of rotatable bonds is 3. The Morgan fingerprint density at radius 2 is 2.18 bits per heavy atom. The molecule has 94 valence electrons. The second-order valence-corrected chi connectivity index (χ2v) is 4.13. The SMILES string of the molecule is Cc1cnc(C(=O)N2CCN(CCO)CC2)o1. The Kier molecular flexibility index (Phi) is 3.75. The number of carbonyl (C=O) groups is 1. The molecule has 1 amide bonds. The molecule has 1 aliphatic heterocycles. The first kappa shape index (κ1) is 12.1. The third-order valence-corrected chi connectivity index (χ3v) is 2.88. The maximum atomic E-state index is 12.0. The van der Waals surface area contributed by atoms with E-state index in [2.05, 4.69) is 9.88 Å². The van der Waals surface area contributed by atoms with Gasteiger partial charge in [0.1, 0.15) is 5.76 Å². The zero-order valence-electron chi connectivity index (χ0n) is 9.93. The second kappa shape index (κ2) is 5.29. The van der Waals surface area contributed by atoms with Crippen molar-refractivity contribution in [2.24, 2.45) is 0 Å². The van der Waals surface area contributed by atoms with Crippen molar-refractivity contribution in [1.82, 2.24) is 14.8 Å². The second-order valence-electron chi connectivity index (χ2n) is 4.13. The minimum absolute atomic E-state index is 0.151. The first-order chi connectivity index (χ1) is 8.20. The molecule has 0 atom stereocenters. The van der Waals surface area contributed by atoms with Crippen molar-refractivity contribution in [2.75, 3.05) is 39.3 Å². The summed E-state index contributed by atoms with van der Waals surface area (Å²) in [4.78, 5) is 19.8. The van der Waals surface area contributed by atoms with Gasteiger partial charge in [-0.05, 0) is 6.92 Å². The first-order valence-corrected chi connectivity index (χ1v) is 5.75. The van der Waals surface area contributed by atoms with Gasteiger partial charge >= 0.3 is 5.91 Å². The molecular formula is C11H17N3O3. The smallest absolute Gasteiger partial charge is 0.309 e. The number of aromatic nitrogens is 1. The summed E-state index contributed by atoms with van der Waals surface area (Å²) in [5.74, 6) is 0.659.